The molecule has 0 fully saturated rings. The van der Waals surface area contributed by atoms with Crippen LogP contribution in [0.3, 0.4) is 0 Å². The predicted molar refractivity (Wildman–Crippen MR) is 57.5 cm³/mol. The molecule has 70 valence electrons. The van der Waals surface area contributed by atoms with Crippen molar-refractivity contribution in [3.63, 3.8) is 0 Å². The largest absolute Gasteiger partial charge is 0.235 e. The Bertz CT molecular complexity index is 408. The van der Waals surface area contributed by atoms with Gasteiger partial charge in [-0.2, -0.15) is 5.26 Å². The first kappa shape index (κ1) is 11.4. The summed E-state index contributed by atoms with van der Waals surface area (Å²) >= 11 is 22.9. The molecule has 0 saturated heterocycles. The third-order valence-corrected chi connectivity index (χ3v) is 3.15. The molecule has 0 radical (unpaired) electrons. The Labute approximate surface area is 100 Å². The Hall–Kier alpha value is -0.640. The number of nitriles is 1. The van der Waals surface area contributed by atoms with Crippen LogP contribution >= 0.6 is 46.4 Å². The summed E-state index contributed by atoms with van der Waals surface area (Å²) in [7, 11) is 0. The van der Waals surface area contributed by atoms with E-state index in [0.29, 0.717) is 0 Å². The zero-order valence-electron chi connectivity index (χ0n) is 6.41. The van der Waals surface area contributed by atoms with Crippen LogP contribution in [0.25, 0.3) is 4.85 Å². The van der Waals surface area contributed by atoms with Gasteiger partial charge >= 0.3 is 0 Å². The molecule has 0 spiro atoms. The van der Waals surface area contributed by atoms with Crippen LogP contribution in [-0.4, -0.2) is 0 Å². The molecule has 1 aromatic rings. The van der Waals surface area contributed by atoms with E-state index in [2.05, 4.69) is 4.85 Å². The molecule has 0 heterocycles. The van der Waals surface area contributed by atoms with Crippen LogP contribution in [0.4, 0.5) is 5.69 Å². The number of hydrogen-bond donors (Lipinski definition) is 0. The fourth-order valence-electron chi connectivity index (χ4n) is 0.816. The van der Waals surface area contributed by atoms with Crippen LogP contribution in [0.5, 0.6) is 0 Å². The first-order valence-corrected chi connectivity index (χ1v) is 4.69. The van der Waals surface area contributed by atoms with Crippen molar-refractivity contribution >= 4 is 52.1 Å². The molecule has 0 bridgehead atoms. The first-order chi connectivity index (χ1) is 6.54. The highest BCUT2D eigenvalue weighted by Crippen LogP contribution is 2.45. The summed E-state index contributed by atoms with van der Waals surface area (Å²) in [6, 6.07) is 1.76. The Morgan fingerprint density at radius 3 is 1.71 bits per heavy atom. The van der Waals surface area contributed by atoms with Crippen LogP contribution in [0.15, 0.2) is 0 Å². The SMILES string of the molecule is [C-]#[N+]c1c(Cl)c(Cl)c(C#N)c(Cl)c1Cl. The molecule has 0 aliphatic carbocycles. The maximum Gasteiger partial charge on any atom is 0.226 e. The maximum atomic E-state index is 8.70. The number of rotatable bonds is 0. The van der Waals surface area contributed by atoms with Gasteiger partial charge in [0, 0.05) is 0 Å². The van der Waals surface area contributed by atoms with E-state index >= 15 is 0 Å². The molecule has 14 heavy (non-hydrogen) atoms. The average molecular weight is 266 g/mol. The topological polar surface area (TPSA) is 28.1 Å². The van der Waals surface area contributed by atoms with E-state index in [0.717, 1.165) is 0 Å². The summed E-state index contributed by atoms with van der Waals surface area (Å²) < 4.78 is 0. The van der Waals surface area contributed by atoms with Gasteiger partial charge in [0.05, 0.1) is 32.2 Å². The van der Waals surface area contributed by atoms with Gasteiger partial charge in [-0.15, -0.1) is 0 Å². The Balaban J connectivity index is 3.77. The average Bonchev–Trinajstić information content (AvgIpc) is 2.17. The fourth-order valence-corrected chi connectivity index (χ4v) is 1.83. The van der Waals surface area contributed by atoms with Crippen LogP contribution in [0, 0.1) is 17.9 Å². The molecule has 2 nitrogen and oxygen atoms in total. The number of halogens is 4. The molecule has 0 N–H and O–H groups in total. The van der Waals surface area contributed by atoms with Crippen LogP contribution in [-0.2, 0) is 0 Å². The normalized spacial score (nSPS) is 9.29. The lowest BCUT2D eigenvalue weighted by Gasteiger charge is -2.06. The molecule has 0 aliphatic rings. The van der Waals surface area contributed by atoms with Crippen LogP contribution < -0.4 is 0 Å². The minimum atomic E-state index is -0.0485. The third-order valence-electron chi connectivity index (χ3n) is 1.46. The van der Waals surface area contributed by atoms with Crippen molar-refractivity contribution < 1.29 is 0 Å². The van der Waals surface area contributed by atoms with Gasteiger partial charge in [0.15, 0.2) is 0 Å². The maximum absolute atomic E-state index is 8.70. The number of benzene rings is 1. The lowest BCUT2D eigenvalue weighted by atomic mass is 10.2. The molecule has 0 aliphatic heterocycles. The Morgan fingerprint density at radius 2 is 1.43 bits per heavy atom. The van der Waals surface area contributed by atoms with E-state index in [1.54, 1.807) is 6.07 Å². The van der Waals surface area contributed by atoms with E-state index in [-0.39, 0.29) is 31.3 Å². The van der Waals surface area contributed by atoms with Crippen molar-refractivity contribution in [3.8, 4) is 6.07 Å². The zero-order valence-corrected chi connectivity index (χ0v) is 9.43. The molecule has 0 unspecified atom stereocenters. The van der Waals surface area contributed by atoms with Gasteiger partial charge < -0.3 is 0 Å². The molecular formula is C8Cl4N2. The van der Waals surface area contributed by atoms with Crippen LogP contribution in [0.1, 0.15) is 5.56 Å². The first-order valence-electron chi connectivity index (χ1n) is 3.18. The van der Waals surface area contributed by atoms with E-state index < -0.39 is 0 Å². The van der Waals surface area contributed by atoms with Gasteiger partial charge in [-0.1, -0.05) is 46.4 Å². The van der Waals surface area contributed by atoms with Gasteiger partial charge in [0.25, 0.3) is 0 Å². The van der Waals surface area contributed by atoms with Crippen molar-refractivity contribution in [2.45, 2.75) is 0 Å². The highest BCUT2D eigenvalue weighted by molar-refractivity contribution is 6.51. The second kappa shape index (κ2) is 4.26. The Morgan fingerprint density at radius 1 is 1.00 bits per heavy atom. The summed E-state index contributed by atoms with van der Waals surface area (Å²) in [6.45, 7) is 6.80. The lowest BCUT2D eigenvalue weighted by molar-refractivity contribution is 1.49. The molecule has 0 amide bonds. The smallest absolute Gasteiger partial charge is 0.226 e. The summed E-state index contributed by atoms with van der Waals surface area (Å²) in [6.07, 6.45) is 0. The summed E-state index contributed by atoms with van der Waals surface area (Å²) in [5.41, 5.74) is -0.0573. The van der Waals surface area contributed by atoms with Crippen molar-refractivity contribution in [2.75, 3.05) is 0 Å². The second-order valence-electron chi connectivity index (χ2n) is 2.20. The fraction of sp³-hybridized carbons (Fsp3) is 0. The van der Waals surface area contributed by atoms with Gasteiger partial charge in [0.2, 0.25) is 5.69 Å². The summed E-state index contributed by atoms with van der Waals surface area (Å²) in [4.78, 5) is 3.07. The van der Waals surface area contributed by atoms with Gasteiger partial charge in [-0.05, 0) is 0 Å². The second-order valence-corrected chi connectivity index (χ2v) is 3.72. The van der Waals surface area contributed by atoms with Crippen molar-refractivity contribution in [2.24, 2.45) is 0 Å². The molecule has 6 heteroatoms. The quantitative estimate of drug-likeness (QED) is 0.493. The summed E-state index contributed by atoms with van der Waals surface area (Å²) in [5, 5.41) is 8.51. The standard InChI is InChI=1S/C8Cl4N2/c1-14-8-6(11)4(9)3(2-13)5(10)7(8)12. The Kier molecular flexibility index (Phi) is 3.48. The monoisotopic (exact) mass is 264 g/mol. The van der Waals surface area contributed by atoms with E-state index in [4.69, 9.17) is 58.2 Å². The van der Waals surface area contributed by atoms with Gasteiger partial charge in [0.1, 0.15) is 6.07 Å². The number of nitrogens with zero attached hydrogens (tertiary/aromatic N) is 2. The minimum absolute atomic E-state index is 0.0178. The minimum Gasteiger partial charge on any atom is -0.235 e. The molecule has 1 aromatic carbocycles. The molecule has 0 atom stereocenters. The van der Waals surface area contributed by atoms with E-state index in [9.17, 15) is 0 Å². The highest BCUT2D eigenvalue weighted by atomic mass is 35.5. The third kappa shape index (κ3) is 1.63. The van der Waals surface area contributed by atoms with Crippen molar-refractivity contribution in [1.82, 2.24) is 0 Å². The van der Waals surface area contributed by atoms with E-state index in [1.807, 2.05) is 0 Å². The highest BCUT2D eigenvalue weighted by Gasteiger charge is 2.19. The van der Waals surface area contributed by atoms with E-state index in [1.165, 1.54) is 0 Å². The zero-order chi connectivity index (χ0) is 10.9. The molecule has 0 aromatic heterocycles. The lowest BCUT2D eigenvalue weighted by Crippen LogP contribution is -1.83. The molecular weight excluding hydrogens is 266 g/mol. The predicted octanol–water partition coefficient (Wildman–Crippen LogP) is 4.72. The van der Waals surface area contributed by atoms with Gasteiger partial charge in [-0.3, -0.25) is 0 Å². The molecule has 0 saturated carbocycles. The van der Waals surface area contributed by atoms with Crippen molar-refractivity contribution in [3.05, 3.63) is 37.1 Å². The van der Waals surface area contributed by atoms with Gasteiger partial charge in [-0.25, -0.2) is 4.85 Å². The molecule has 1 rings (SSSR count). The summed E-state index contributed by atoms with van der Waals surface area (Å²) in [5.74, 6) is 0. The van der Waals surface area contributed by atoms with Crippen molar-refractivity contribution in [1.29, 1.82) is 5.26 Å². The number of hydrogen-bond acceptors (Lipinski definition) is 1. The van der Waals surface area contributed by atoms with Crippen LogP contribution in [0.2, 0.25) is 20.1 Å².